The maximum Gasteiger partial charge on any atom is 0.0783 e. The number of nitrogens with one attached hydrogen (secondary N) is 1. The summed E-state index contributed by atoms with van der Waals surface area (Å²) in [6.45, 7) is 0. The largest absolute Gasteiger partial charge is 0.353 e. The number of hydrogen-bond acceptors (Lipinski definition) is 0. The lowest BCUT2D eigenvalue weighted by Gasteiger charge is -2.16. The van der Waals surface area contributed by atoms with Gasteiger partial charge in [0, 0.05) is 32.6 Å². The van der Waals surface area contributed by atoms with E-state index in [4.69, 9.17) is 0 Å². The zero-order chi connectivity index (χ0) is 28.8. The number of aromatic nitrogens is 2. The first kappa shape index (κ1) is 23.7. The van der Waals surface area contributed by atoms with Gasteiger partial charge < -0.3 is 9.55 Å². The van der Waals surface area contributed by atoms with Gasteiger partial charge in [0.05, 0.1) is 22.2 Å². The number of para-hydroxylation sites is 3. The van der Waals surface area contributed by atoms with Crippen molar-refractivity contribution >= 4 is 75.9 Å². The van der Waals surface area contributed by atoms with Crippen LogP contribution in [0.25, 0.3) is 92.7 Å². The molecule has 0 amide bonds. The Morgan fingerprint density at radius 3 is 1.70 bits per heavy atom. The van der Waals surface area contributed by atoms with Crippen LogP contribution in [0.15, 0.2) is 152 Å². The number of benzene rings is 8. The molecule has 0 spiro atoms. The van der Waals surface area contributed by atoms with E-state index in [-0.39, 0.29) is 0 Å². The van der Waals surface area contributed by atoms with Crippen molar-refractivity contribution < 1.29 is 0 Å². The minimum atomic E-state index is 1.16. The summed E-state index contributed by atoms with van der Waals surface area (Å²) in [7, 11) is 0. The van der Waals surface area contributed by atoms with Gasteiger partial charge in [0.25, 0.3) is 0 Å². The molecule has 8 aromatic carbocycles. The molecule has 44 heavy (non-hydrogen) atoms. The van der Waals surface area contributed by atoms with Crippen molar-refractivity contribution in [3.05, 3.63) is 152 Å². The van der Waals surface area contributed by atoms with Gasteiger partial charge in [0.15, 0.2) is 0 Å². The Morgan fingerprint density at radius 1 is 0.386 bits per heavy atom. The maximum absolute atomic E-state index is 3.79. The van der Waals surface area contributed by atoms with E-state index in [9.17, 15) is 0 Å². The molecule has 204 valence electrons. The first-order valence-corrected chi connectivity index (χ1v) is 15.2. The summed E-state index contributed by atoms with van der Waals surface area (Å²) < 4.78 is 2.47. The Balaban J connectivity index is 1.32. The highest BCUT2D eigenvalue weighted by atomic mass is 15.0. The van der Waals surface area contributed by atoms with Crippen LogP contribution in [0.3, 0.4) is 0 Å². The van der Waals surface area contributed by atoms with E-state index in [1.807, 2.05) is 0 Å². The van der Waals surface area contributed by atoms with Crippen LogP contribution >= 0.6 is 0 Å². The molecule has 1 N–H and O–H groups in total. The number of hydrogen-bond donors (Lipinski definition) is 1. The van der Waals surface area contributed by atoms with Crippen molar-refractivity contribution in [1.82, 2.24) is 9.55 Å². The van der Waals surface area contributed by atoms with Gasteiger partial charge in [-0.3, -0.25) is 0 Å². The van der Waals surface area contributed by atoms with E-state index < -0.39 is 0 Å². The zero-order valence-electron chi connectivity index (χ0n) is 23.9. The van der Waals surface area contributed by atoms with E-state index in [1.165, 1.54) is 87.2 Å². The minimum absolute atomic E-state index is 1.16. The van der Waals surface area contributed by atoms with Crippen LogP contribution in [0, 0.1) is 0 Å². The molecule has 10 rings (SSSR count). The van der Waals surface area contributed by atoms with Crippen LogP contribution in [-0.4, -0.2) is 9.55 Å². The van der Waals surface area contributed by atoms with Gasteiger partial charge in [-0.15, -0.1) is 0 Å². The predicted molar refractivity (Wildman–Crippen MR) is 188 cm³/mol. The van der Waals surface area contributed by atoms with Gasteiger partial charge in [-0.1, -0.05) is 127 Å². The average molecular weight is 559 g/mol. The second kappa shape index (κ2) is 8.82. The van der Waals surface area contributed by atoms with Gasteiger partial charge in [0.2, 0.25) is 0 Å². The van der Waals surface area contributed by atoms with Crippen molar-refractivity contribution in [2.45, 2.75) is 0 Å². The monoisotopic (exact) mass is 558 g/mol. The highest BCUT2D eigenvalue weighted by Crippen LogP contribution is 2.42. The normalized spacial score (nSPS) is 12.1. The van der Waals surface area contributed by atoms with Crippen LogP contribution in [-0.2, 0) is 0 Å². The smallest absolute Gasteiger partial charge is 0.0783 e. The Kier molecular flexibility index (Phi) is 4.75. The average Bonchev–Trinajstić information content (AvgIpc) is 3.64. The standard InChI is InChI=1S/C42H26N2/c1-2-14-30-28(12-1)29-13-3-4-15-31(29)37-25-26(21-22-32(30)37)27-11-6-9-19-39(27)44-40-20-10-7-17-34(40)36-24-23-35-33-16-5-8-18-38(33)43-41(35)42(36)44/h1-25,43H. The molecule has 0 fully saturated rings. The highest BCUT2D eigenvalue weighted by molar-refractivity contribution is 6.26. The Morgan fingerprint density at radius 2 is 0.932 bits per heavy atom. The third-order valence-corrected chi connectivity index (χ3v) is 9.51. The first-order chi connectivity index (χ1) is 21.8. The molecule has 0 aliphatic heterocycles. The van der Waals surface area contributed by atoms with Gasteiger partial charge in [-0.05, 0) is 62.1 Å². The van der Waals surface area contributed by atoms with E-state index >= 15 is 0 Å². The molecule has 0 atom stereocenters. The number of nitrogens with zero attached hydrogens (tertiary/aromatic N) is 1. The number of rotatable bonds is 2. The molecule has 2 heteroatoms. The minimum Gasteiger partial charge on any atom is -0.353 e. The third kappa shape index (κ3) is 3.14. The summed E-state index contributed by atoms with van der Waals surface area (Å²) in [5.41, 5.74) is 8.35. The van der Waals surface area contributed by atoms with Gasteiger partial charge >= 0.3 is 0 Å². The molecule has 2 heterocycles. The Labute approximate surface area is 253 Å². The van der Waals surface area contributed by atoms with E-state index in [2.05, 4.69) is 161 Å². The quantitative estimate of drug-likeness (QED) is 0.204. The number of fused-ring (bicyclic) bond motifs is 13. The molecular weight excluding hydrogens is 532 g/mol. The molecule has 0 saturated heterocycles. The van der Waals surface area contributed by atoms with Crippen LogP contribution in [0.1, 0.15) is 0 Å². The molecule has 0 saturated carbocycles. The predicted octanol–water partition coefficient (Wildman–Crippen LogP) is 11.5. The summed E-state index contributed by atoms with van der Waals surface area (Å²) in [4.78, 5) is 3.79. The van der Waals surface area contributed by atoms with Crippen molar-refractivity contribution in [3.63, 3.8) is 0 Å². The Bertz CT molecular complexity index is 2740. The molecule has 0 radical (unpaired) electrons. The first-order valence-electron chi connectivity index (χ1n) is 15.2. The van der Waals surface area contributed by atoms with Gasteiger partial charge in [-0.2, -0.15) is 0 Å². The zero-order valence-corrected chi connectivity index (χ0v) is 23.9. The Hall–Kier alpha value is -5.86. The van der Waals surface area contributed by atoms with Gasteiger partial charge in [-0.25, -0.2) is 0 Å². The molecule has 0 unspecified atom stereocenters. The summed E-state index contributed by atoms with van der Waals surface area (Å²) >= 11 is 0. The second-order valence-corrected chi connectivity index (χ2v) is 11.8. The molecule has 0 bridgehead atoms. The lowest BCUT2D eigenvalue weighted by atomic mass is 9.92. The van der Waals surface area contributed by atoms with Crippen molar-refractivity contribution in [2.75, 3.05) is 0 Å². The fourth-order valence-corrected chi connectivity index (χ4v) is 7.61. The van der Waals surface area contributed by atoms with Crippen LogP contribution in [0.2, 0.25) is 0 Å². The third-order valence-electron chi connectivity index (χ3n) is 9.51. The highest BCUT2D eigenvalue weighted by Gasteiger charge is 2.19. The topological polar surface area (TPSA) is 20.7 Å². The molecule has 2 aromatic heterocycles. The molecule has 2 nitrogen and oxygen atoms in total. The molecule has 0 aliphatic rings. The molecule has 0 aliphatic carbocycles. The van der Waals surface area contributed by atoms with E-state index in [0.717, 1.165) is 5.52 Å². The van der Waals surface area contributed by atoms with Crippen molar-refractivity contribution in [3.8, 4) is 16.8 Å². The summed E-state index contributed by atoms with van der Waals surface area (Å²) in [6.07, 6.45) is 0. The van der Waals surface area contributed by atoms with Crippen molar-refractivity contribution in [1.29, 1.82) is 0 Å². The summed E-state index contributed by atoms with van der Waals surface area (Å²) in [6, 6.07) is 55.4. The number of H-pyrrole nitrogens is 1. The van der Waals surface area contributed by atoms with Gasteiger partial charge in [0.1, 0.15) is 0 Å². The molecular formula is C42H26N2. The second-order valence-electron chi connectivity index (χ2n) is 11.8. The lowest BCUT2D eigenvalue weighted by molar-refractivity contribution is 1.18. The maximum atomic E-state index is 3.79. The summed E-state index contributed by atoms with van der Waals surface area (Å²) in [5, 5.41) is 12.8. The summed E-state index contributed by atoms with van der Waals surface area (Å²) in [5.74, 6) is 0. The van der Waals surface area contributed by atoms with E-state index in [1.54, 1.807) is 0 Å². The van der Waals surface area contributed by atoms with E-state index in [0.29, 0.717) is 0 Å². The number of aromatic amines is 1. The van der Waals surface area contributed by atoms with Crippen molar-refractivity contribution in [2.24, 2.45) is 0 Å². The fraction of sp³-hybridized carbons (Fsp3) is 0. The van der Waals surface area contributed by atoms with Crippen LogP contribution < -0.4 is 0 Å². The fourth-order valence-electron chi connectivity index (χ4n) is 7.61. The molecule has 10 aromatic rings. The van der Waals surface area contributed by atoms with Crippen LogP contribution in [0.4, 0.5) is 0 Å². The van der Waals surface area contributed by atoms with Crippen LogP contribution in [0.5, 0.6) is 0 Å². The lowest BCUT2D eigenvalue weighted by Crippen LogP contribution is -1.97. The SMILES string of the molecule is c1ccc(-n2c3ccccc3c3ccc4c5ccccc5[nH]c4c32)c(-c2ccc3c4ccccc4c4ccccc4c3c2)c1.